The van der Waals surface area contributed by atoms with E-state index in [1.807, 2.05) is 25.2 Å². The van der Waals surface area contributed by atoms with E-state index in [9.17, 15) is 4.79 Å². The molecule has 3 heterocycles. The number of aldehydes is 1. The summed E-state index contributed by atoms with van der Waals surface area (Å²) >= 11 is 1.82. The minimum atomic E-state index is 0.301. The number of carbonyl (C=O) groups is 1. The smallest absolute Gasteiger partial charge is 0.185 e. The third kappa shape index (κ3) is 6.32. The topological polar surface area (TPSA) is 74.5 Å². The summed E-state index contributed by atoms with van der Waals surface area (Å²) in [6, 6.07) is 10.2. The molecule has 0 bridgehead atoms. The van der Waals surface area contributed by atoms with Gasteiger partial charge in [-0.3, -0.25) is 9.78 Å². The molecule has 166 valence electrons. The Morgan fingerprint density at radius 2 is 1.84 bits per heavy atom. The summed E-state index contributed by atoms with van der Waals surface area (Å²) in [6.07, 6.45) is 9.11. The lowest BCUT2D eigenvalue weighted by Crippen LogP contribution is -2.43. The zero-order valence-corrected chi connectivity index (χ0v) is 18.9. The second-order valence-electron chi connectivity index (χ2n) is 6.84. The second kappa shape index (κ2) is 11.9. The zero-order chi connectivity index (χ0) is 22.8. The first kappa shape index (κ1) is 23.3. The molecule has 0 atom stereocenters. The summed E-state index contributed by atoms with van der Waals surface area (Å²) in [5.41, 5.74) is 1.94. The quantitative estimate of drug-likeness (QED) is 0.410. The number of anilines is 2. The van der Waals surface area contributed by atoms with Crippen molar-refractivity contribution in [1.29, 1.82) is 0 Å². The Balaban J connectivity index is 0.000000222. The van der Waals surface area contributed by atoms with E-state index < -0.39 is 0 Å². The molecule has 32 heavy (non-hydrogen) atoms. The highest BCUT2D eigenvalue weighted by molar-refractivity contribution is 7.97. The molecule has 7 nitrogen and oxygen atoms in total. The number of hydrogen-bond donors (Lipinski definition) is 1. The number of carbonyl (C=O) groups excluding carboxylic acids is 1. The molecule has 1 fully saturated rings. The number of aromatic nitrogens is 2. The van der Waals surface area contributed by atoms with Crippen LogP contribution >= 0.6 is 11.9 Å². The SMILES string of the molecule is C=Cc1cc(C=O)oc1C=C.CNc1ccc(SN2CCN(c3cnccn3)CC2)cc1. The molecule has 0 unspecified atom stereocenters. The molecule has 1 saturated heterocycles. The van der Waals surface area contributed by atoms with Crippen LogP contribution in [-0.2, 0) is 0 Å². The Labute approximate surface area is 193 Å². The summed E-state index contributed by atoms with van der Waals surface area (Å²) in [5.74, 6) is 1.86. The highest BCUT2D eigenvalue weighted by atomic mass is 32.2. The molecule has 0 saturated carbocycles. The predicted octanol–water partition coefficient (Wildman–Crippen LogP) is 4.73. The van der Waals surface area contributed by atoms with Crippen LogP contribution in [0, 0.1) is 0 Å². The lowest BCUT2D eigenvalue weighted by molar-refractivity contribution is 0.110. The molecule has 0 radical (unpaired) electrons. The molecular weight excluding hydrogens is 422 g/mol. The van der Waals surface area contributed by atoms with E-state index in [2.05, 4.69) is 61.9 Å². The first-order chi connectivity index (χ1) is 15.7. The van der Waals surface area contributed by atoms with E-state index in [-0.39, 0.29) is 0 Å². The maximum Gasteiger partial charge on any atom is 0.185 e. The van der Waals surface area contributed by atoms with Crippen LogP contribution in [0.4, 0.5) is 11.5 Å². The minimum absolute atomic E-state index is 0.301. The van der Waals surface area contributed by atoms with Gasteiger partial charge >= 0.3 is 0 Å². The summed E-state index contributed by atoms with van der Waals surface area (Å²) in [4.78, 5) is 22.3. The lowest BCUT2D eigenvalue weighted by Gasteiger charge is -2.34. The van der Waals surface area contributed by atoms with Crippen molar-refractivity contribution < 1.29 is 9.21 Å². The van der Waals surface area contributed by atoms with Crippen LogP contribution in [0.3, 0.4) is 0 Å². The van der Waals surface area contributed by atoms with Gasteiger partial charge in [-0.05, 0) is 48.4 Å². The number of nitrogens with zero attached hydrogens (tertiary/aromatic N) is 4. The van der Waals surface area contributed by atoms with Crippen LogP contribution in [0.5, 0.6) is 0 Å². The van der Waals surface area contributed by atoms with E-state index in [1.165, 1.54) is 4.90 Å². The Hall–Kier alpha value is -3.36. The van der Waals surface area contributed by atoms with E-state index in [0.717, 1.165) is 43.2 Å². The molecule has 1 aliphatic rings. The van der Waals surface area contributed by atoms with E-state index in [1.54, 1.807) is 30.6 Å². The molecule has 0 aliphatic carbocycles. The van der Waals surface area contributed by atoms with Crippen molar-refractivity contribution in [2.75, 3.05) is 43.4 Å². The van der Waals surface area contributed by atoms with Gasteiger partial charge in [0.15, 0.2) is 12.0 Å². The summed E-state index contributed by atoms with van der Waals surface area (Å²) in [6.45, 7) is 11.1. The molecule has 1 aromatic carbocycles. The first-order valence-corrected chi connectivity index (χ1v) is 11.0. The van der Waals surface area contributed by atoms with Crippen molar-refractivity contribution in [3.63, 3.8) is 0 Å². The Morgan fingerprint density at radius 3 is 2.38 bits per heavy atom. The molecule has 4 rings (SSSR count). The van der Waals surface area contributed by atoms with Gasteiger partial charge in [0.25, 0.3) is 0 Å². The number of furan rings is 1. The fourth-order valence-electron chi connectivity index (χ4n) is 3.11. The van der Waals surface area contributed by atoms with Crippen molar-refractivity contribution in [2.45, 2.75) is 4.90 Å². The molecule has 3 aromatic rings. The zero-order valence-electron chi connectivity index (χ0n) is 18.1. The normalized spacial score (nSPS) is 13.6. The molecule has 1 aliphatic heterocycles. The van der Waals surface area contributed by atoms with E-state index in [0.29, 0.717) is 17.8 Å². The average molecular weight is 450 g/mol. The Morgan fingerprint density at radius 1 is 1.09 bits per heavy atom. The van der Waals surface area contributed by atoms with Crippen molar-refractivity contribution in [1.82, 2.24) is 14.3 Å². The van der Waals surface area contributed by atoms with Crippen molar-refractivity contribution >= 4 is 41.9 Å². The van der Waals surface area contributed by atoms with Crippen molar-refractivity contribution in [2.24, 2.45) is 0 Å². The molecular formula is C24H27N5O2S. The highest BCUT2D eigenvalue weighted by Crippen LogP contribution is 2.26. The van der Waals surface area contributed by atoms with Gasteiger partial charge in [-0.2, -0.15) is 0 Å². The van der Waals surface area contributed by atoms with Gasteiger partial charge in [-0.25, -0.2) is 9.29 Å². The third-order valence-corrected chi connectivity index (χ3v) is 5.93. The number of nitrogens with one attached hydrogen (secondary N) is 1. The van der Waals surface area contributed by atoms with Gasteiger partial charge < -0.3 is 14.6 Å². The highest BCUT2D eigenvalue weighted by Gasteiger charge is 2.18. The van der Waals surface area contributed by atoms with Gasteiger partial charge in [0.1, 0.15) is 11.6 Å². The number of piperazine rings is 1. The van der Waals surface area contributed by atoms with Crippen LogP contribution in [0.15, 0.2) is 71.4 Å². The standard InChI is InChI=1S/C15H19N5S.C9H8O2/c1-16-13-2-4-14(5-3-13)21-20-10-8-19(9-11-20)15-12-17-6-7-18-15;1-3-7-5-8(6-10)11-9(7)4-2/h2-7,12,16H,8-11H2,1H3;3-6H,1-2H2. The Bertz CT molecular complexity index is 987. The molecule has 0 amide bonds. The van der Waals surface area contributed by atoms with Crippen molar-refractivity contribution in [3.05, 3.63) is 79.2 Å². The monoisotopic (exact) mass is 449 g/mol. The van der Waals surface area contributed by atoms with Crippen LogP contribution in [0.1, 0.15) is 21.9 Å². The molecule has 2 aromatic heterocycles. The van der Waals surface area contributed by atoms with Crippen LogP contribution in [0.2, 0.25) is 0 Å². The maximum absolute atomic E-state index is 10.2. The summed E-state index contributed by atoms with van der Waals surface area (Å²) in [5, 5.41) is 3.14. The average Bonchev–Trinajstić information content (AvgIpc) is 3.29. The van der Waals surface area contributed by atoms with Gasteiger partial charge in [0.2, 0.25) is 0 Å². The van der Waals surface area contributed by atoms with Gasteiger partial charge in [-0.15, -0.1) is 0 Å². The fourth-order valence-corrected chi connectivity index (χ4v) is 4.01. The van der Waals surface area contributed by atoms with Crippen LogP contribution in [0.25, 0.3) is 12.2 Å². The molecule has 8 heteroatoms. The van der Waals surface area contributed by atoms with Crippen LogP contribution in [-0.4, -0.2) is 53.8 Å². The fraction of sp³-hybridized carbons (Fsp3) is 0.208. The predicted molar refractivity (Wildman–Crippen MR) is 132 cm³/mol. The van der Waals surface area contributed by atoms with Gasteiger partial charge in [-0.1, -0.05) is 19.2 Å². The first-order valence-electron chi connectivity index (χ1n) is 10.2. The number of benzene rings is 1. The van der Waals surface area contributed by atoms with Gasteiger partial charge in [0, 0.05) is 61.8 Å². The third-order valence-electron chi connectivity index (χ3n) is 4.82. The second-order valence-corrected chi connectivity index (χ2v) is 8.01. The van der Waals surface area contributed by atoms with Crippen molar-refractivity contribution in [3.8, 4) is 0 Å². The maximum atomic E-state index is 10.2. The van der Waals surface area contributed by atoms with E-state index >= 15 is 0 Å². The lowest BCUT2D eigenvalue weighted by atomic mass is 10.2. The van der Waals surface area contributed by atoms with Crippen LogP contribution < -0.4 is 10.2 Å². The summed E-state index contributed by atoms with van der Waals surface area (Å²) < 4.78 is 7.45. The van der Waals surface area contributed by atoms with Gasteiger partial charge in [0.05, 0.1) is 6.20 Å². The number of rotatable bonds is 7. The number of hydrogen-bond acceptors (Lipinski definition) is 8. The largest absolute Gasteiger partial charge is 0.453 e. The van der Waals surface area contributed by atoms with E-state index in [4.69, 9.17) is 4.42 Å². The molecule has 1 N–H and O–H groups in total. The Kier molecular flexibility index (Phi) is 8.65. The molecule has 0 spiro atoms. The minimum Gasteiger partial charge on any atom is -0.453 e. The summed E-state index contributed by atoms with van der Waals surface area (Å²) in [7, 11) is 1.94.